The molecule has 2 aliphatic rings. The Morgan fingerprint density at radius 3 is 2.90 bits per heavy atom. The normalized spacial score (nSPS) is 22.0. The van der Waals surface area contributed by atoms with Gasteiger partial charge in [0.05, 0.1) is 13.0 Å². The molecule has 0 bridgehead atoms. The quantitative estimate of drug-likeness (QED) is 0.443. The molecule has 1 heterocycles. The topological polar surface area (TPSA) is 50.4 Å². The van der Waals surface area contributed by atoms with E-state index in [0.717, 1.165) is 42.6 Å². The maximum atomic E-state index is 12.6. The largest absolute Gasteiger partial charge is 0.471 e. The molecule has 1 aromatic carbocycles. The molecular weight excluding hydrogens is 382 g/mol. The second-order valence-electron chi connectivity index (χ2n) is 7.25. The van der Waals surface area contributed by atoms with Crippen LogP contribution in [0.1, 0.15) is 44.6 Å². The molecule has 6 heteroatoms. The Kier molecular flexibility index (Phi) is 6.59. The maximum absolute atomic E-state index is 12.6. The smallest absolute Gasteiger partial charge is 0.277 e. The van der Waals surface area contributed by atoms with E-state index in [9.17, 15) is 4.79 Å². The number of hydrogen-bond acceptors (Lipinski definition) is 3. The Labute approximate surface area is 178 Å². The Balaban J connectivity index is 2.07. The molecule has 29 heavy (non-hydrogen) atoms. The highest BCUT2D eigenvalue weighted by molar-refractivity contribution is 7.80. The van der Waals surface area contributed by atoms with Crippen LogP contribution in [0.3, 0.4) is 0 Å². The fraction of sp³-hybridized carbons (Fsp3) is 0.391. The van der Waals surface area contributed by atoms with Crippen LogP contribution in [0, 0.1) is 24.7 Å². The van der Waals surface area contributed by atoms with E-state index in [1.165, 1.54) is 5.57 Å². The molecule has 1 saturated carbocycles. The number of ether oxygens (including phenoxy) is 1. The van der Waals surface area contributed by atoms with Crippen LogP contribution in [0.4, 0.5) is 11.4 Å². The van der Waals surface area contributed by atoms with Crippen molar-refractivity contribution in [2.24, 2.45) is 0 Å². The average molecular weight is 409 g/mol. The van der Waals surface area contributed by atoms with Crippen molar-refractivity contribution in [1.29, 1.82) is 0 Å². The summed E-state index contributed by atoms with van der Waals surface area (Å²) in [6.07, 6.45) is 17.6. The molecule has 0 radical (unpaired) electrons. The first-order valence-electron chi connectivity index (χ1n) is 9.88. The molecule has 1 aliphatic carbocycles. The van der Waals surface area contributed by atoms with Crippen molar-refractivity contribution in [3.8, 4) is 24.7 Å². The van der Waals surface area contributed by atoms with Gasteiger partial charge < -0.3 is 10.1 Å². The van der Waals surface area contributed by atoms with Crippen molar-refractivity contribution in [2.75, 3.05) is 18.5 Å². The van der Waals surface area contributed by atoms with Gasteiger partial charge in [-0.1, -0.05) is 5.92 Å². The minimum Gasteiger partial charge on any atom is -0.471 e. The zero-order chi connectivity index (χ0) is 20.9. The monoisotopic (exact) mass is 408 g/mol. The highest BCUT2D eigenvalue weighted by atomic mass is 32.1. The summed E-state index contributed by atoms with van der Waals surface area (Å²) < 4.78 is 5.55. The van der Waals surface area contributed by atoms with Crippen LogP contribution in [0.25, 0.3) is 6.08 Å². The van der Waals surface area contributed by atoms with Gasteiger partial charge in [-0.05, 0) is 68.1 Å². The highest BCUT2D eigenvalue weighted by Crippen LogP contribution is 2.44. The van der Waals surface area contributed by atoms with Crippen LogP contribution < -0.4 is 15.3 Å². The number of amides is 1. The first-order valence-corrected chi connectivity index (χ1v) is 10.3. The number of carbonyl (C=O) groups excluding carboxylic acids is 1. The van der Waals surface area contributed by atoms with Crippen LogP contribution in [-0.4, -0.2) is 30.3 Å². The summed E-state index contributed by atoms with van der Waals surface area (Å²) in [6, 6.07) is 6.08. The molecule has 150 valence electrons. The van der Waals surface area contributed by atoms with Gasteiger partial charge in [0.2, 0.25) is 0 Å². The molecule has 5 nitrogen and oxygen atoms in total. The first-order chi connectivity index (χ1) is 14.0. The molecule has 2 atom stereocenters. The number of nitrogens with one attached hydrogen (secondary N) is 2. The second-order valence-corrected chi connectivity index (χ2v) is 7.62. The molecule has 0 saturated heterocycles. The minimum atomic E-state index is -0.194. The van der Waals surface area contributed by atoms with Crippen molar-refractivity contribution >= 4 is 40.8 Å². The van der Waals surface area contributed by atoms with Crippen molar-refractivity contribution in [2.45, 2.75) is 45.1 Å². The van der Waals surface area contributed by atoms with Crippen LogP contribution >= 0.6 is 12.2 Å². The summed E-state index contributed by atoms with van der Waals surface area (Å²) in [5, 5.41) is 3.44. The van der Waals surface area contributed by atoms with Gasteiger partial charge in [-0.2, -0.15) is 10.0 Å². The van der Waals surface area contributed by atoms with E-state index in [0.29, 0.717) is 18.3 Å². The van der Waals surface area contributed by atoms with Crippen molar-refractivity contribution in [1.82, 2.24) is 10.0 Å². The summed E-state index contributed by atoms with van der Waals surface area (Å²) >= 11 is 5.20. The van der Waals surface area contributed by atoms with Crippen molar-refractivity contribution in [3.05, 3.63) is 29.3 Å². The van der Waals surface area contributed by atoms with Gasteiger partial charge in [0.25, 0.3) is 11.1 Å². The van der Waals surface area contributed by atoms with E-state index >= 15 is 0 Å². The number of carbonyl (C=O) groups is 1. The third kappa shape index (κ3) is 4.29. The number of hydrogen-bond donors (Lipinski definition) is 2. The number of rotatable bonds is 5. The van der Waals surface area contributed by atoms with Gasteiger partial charge >= 0.3 is 0 Å². The number of anilines is 1. The van der Waals surface area contributed by atoms with Gasteiger partial charge in [-0.25, -0.2) is 0 Å². The molecule has 1 aliphatic heterocycles. The van der Waals surface area contributed by atoms with Gasteiger partial charge in [0.1, 0.15) is 6.04 Å². The van der Waals surface area contributed by atoms with E-state index in [1.807, 2.05) is 25.1 Å². The summed E-state index contributed by atoms with van der Waals surface area (Å²) in [4.78, 5) is 12.6. The average Bonchev–Trinajstić information content (AvgIpc) is 2.68. The Morgan fingerprint density at radius 1 is 1.34 bits per heavy atom. The lowest BCUT2D eigenvalue weighted by atomic mass is 9.83. The number of thiocarbonyl (C=S) groups is 1. The van der Waals surface area contributed by atoms with E-state index in [1.54, 1.807) is 0 Å². The van der Waals surface area contributed by atoms with Crippen LogP contribution in [-0.2, 0) is 9.53 Å². The summed E-state index contributed by atoms with van der Waals surface area (Å²) in [6.45, 7) is 2.75. The minimum absolute atomic E-state index is 0.0218. The third-order valence-corrected chi connectivity index (χ3v) is 5.62. The van der Waals surface area contributed by atoms with Crippen LogP contribution in [0.2, 0.25) is 0 Å². The number of quaternary nitrogens is 1. The molecule has 1 fully saturated rings. The van der Waals surface area contributed by atoms with E-state index in [4.69, 9.17) is 29.8 Å². The summed E-state index contributed by atoms with van der Waals surface area (Å²) in [5.41, 5.74) is 7.30. The standard InChI is InChI=1S/C23H25N3O2S/c1-4-9-22(27)25-26(14-5-2)20-11-8-7-10-17(20)15-18-16-19(12-13-21(18)26)24-23(29)28-6-3/h1-2,12-13,15-16,20H,6-11,14H2,3H3,(H-,24,25,27,29)/p+1. The highest BCUT2D eigenvalue weighted by Gasteiger charge is 2.47. The van der Waals surface area contributed by atoms with Crippen LogP contribution in [0.5, 0.6) is 0 Å². The van der Waals surface area contributed by atoms with Crippen LogP contribution in [0.15, 0.2) is 23.8 Å². The van der Waals surface area contributed by atoms with Gasteiger partial charge in [0, 0.05) is 23.7 Å². The Bertz CT molecular complexity index is 925. The van der Waals surface area contributed by atoms with Crippen molar-refractivity contribution < 1.29 is 9.53 Å². The number of fused-ring (bicyclic) bond motifs is 2. The molecule has 1 aromatic rings. The zero-order valence-electron chi connectivity index (χ0n) is 16.7. The van der Waals surface area contributed by atoms with E-state index in [2.05, 4.69) is 28.7 Å². The SMILES string of the molecule is C#CCC(=O)N[N+]1(CC#C)c2ccc(NC(=S)OCC)cc2C=C2CCCCC21. The predicted molar refractivity (Wildman–Crippen MR) is 122 cm³/mol. The van der Waals surface area contributed by atoms with E-state index < -0.39 is 0 Å². The summed E-state index contributed by atoms with van der Waals surface area (Å²) in [7, 11) is 0. The lowest BCUT2D eigenvalue weighted by Crippen LogP contribution is -2.69. The first kappa shape index (κ1) is 20.9. The summed E-state index contributed by atoms with van der Waals surface area (Å²) in [5.74, 6) is 5.02. The molecule has 3 rings (SSSR count). The van der Waals surface area contributed by atoms with E-state index in [-0.39, 0.29) is 23.0 Å². The van der Waals surface area contributed by atoms with Gasteiger partial charge in [0.15, 0.2) is 12.2 Å². The number of nitrogens with zero attached hydrogens (tertiary/aromatic N) is 1. The Hall–Kier alpha value is -2.80. The Morgan fingerprint density at radius 2 is 2.17 bits per heavy atom. The molecule has 0 aromatic heterocycles. The maximum Gasteiger partial charge on any atom is 0.277 e. The zero-order valence-corrected chi connectivity index (χ0v) is 17.5. The lowest BCUT2D eigenvalue weighted by Gasteiger charge is -2.47. The molecule has 1 amide bonds. The number of terminal acetylenes is 2. The number of benzene rings is 1. The fourth-order valence-corrected chi connectivity index (χ4v) is 4.56. The van der Waals surface area contributed by atoms with Gasteiger partial charge in [-0.15, -0.1) is 12.8 Å². The molecule has 2 unspecified atom stereocenters. The lowest BCUT2D eigenvalue weighted by molar-refractivity contribution is -0.125. The fourth-order valence-electron chi connectivity index (χ4n) is 4.33. The van der Waals surface area contributed by atoms with Gasteiger partial charge in [-0.3, -0.25) is 4.79 Å². The third-order valence-electron chi connectivity index (χ3n) is 5.40. The molecule has 2 N–H and O–H groups in total. The molecular formula is C23H26N3O2S+. The van der Waals surface area contributed by atoms with Crippen molar-refractivity contribution in [3.63, 3.8) is 0 Å². The predicted octanol–water partition coefficient (Wildman–Crippen LogP) is 3.75. The molecule has 0 spiro atoms. The second kappa shape index (κ2) is 9.13.